The van der Waals surface area contributed by atoms with Crippen LogP contribution >= 0.6 is 0 Å². The van der Waals surface area contributed by atoms with Crippen LogP contribution in [0, 0.1) is 0 Å². The molecule has 19 heteroatoms. The summed E-state index contributed by atoms with van der Waals surface area (Å²) in [6.45, 7) is 0.739. The molecule has 5 rings (SSSR count). The standard InChI is InChI=1S/C27H35N11O8/c1-26(42,43)14-31-24(39)38(21-12-28-20(11-29-21)15-9-32-36(2)13-15)17-5-3-16(4-6-17)33-23-30-10-18(27(44,45)46)22(34-23)19-7-8-37(35-19)25(40)41/h7-13,16-17,25,40-46H,3-6,14H2,1-2H3,(H,31,39)(H,30,33,34). The number of nitrogens with one attached hydrogen (secondary N) is 2. The fourth-order valence-corrected chi connectivity index (χ4v) is 5.08. The molecule has 19 nitrogen and oxygen atoms in total. The molecule has 46 heavy (non-hydrogen) atoms. The van der Waals surface area contributed by atoms with Gasteiger partial charge in [-0.1, -0.05) is 0 Å². The van der Waals surface area contributed by atoms with Crippen LogP contribution in [0.5, 0.6) is 0 Å². The summed E-state index contributed by atoms with van der Waals surface area (Å²) in [4.78, 5) is 32.1. The van der Waals surface area contributed by atoms with E-state index in [4.69, 9.17) is 0 Å². The summed E-state index contributed by atoms with van der Waals surface area (Å²) < 4.78 is 2.43. The summed E-state index contributed by atoms with van der Waals surface area (Å²) >= 11 is 0. The van der Waals surface area contributed by atoms with Crippen molar-refractivity contribution in [2.45, 2.75) is 62.9 Å². The Bertz CT molecular complexity index is 1640. The summed E-state index contributed by atoms with van der Waals surface area (Å²) in [6.07, 6.45) is 8.83. The van der Waals surface area contributed by atoms with Crippen LogP contribution in [0.4, 0.5) is 16.6 Å². The van der Waals surface area contributed by atoms with Crippen molar-refractivity contribution >= 4 is 17.8 Å². The number of nitrogens with zero attached hydrogens (tertiary/aromatic N) is 9. The van der Waals surface area contributed by atoms with Gasteiger partial charge in [-0.25, -0.2) is 24.4 Å². The third-order valence-electron chi connectivity index (χ3n) is 7.31. The molecule has 0 aromatic carbocycles. The number of carbonyl (C=O) groups is 1. The molecule has 0 aliphatic heterocycles. The van der Waals surface area contributed by atoms with Gasteiger partial charge in [0.25, 0.3) is 6.41 Å². The van der Waals surface area contributed by atoms with E-state index in [-0.39, 0.29) is 35.2 Å². The molecule has 0 bridgehead atoms. The first-order chi connectivity index (χ1) is 21.7. The van der Waals surface area contributed by atoms with Crippen molar-refractivity contribution in [3.63, 3.8) is 0 Å². The Morgan fingerprint density at radius 3 is 2.33 bits per heavy atom. The highest BCUT2D eigenvalue weighted by Gasteiger charge is 2.33. The lowest BCUT2D eigenvalue weighted by atomic mass is 9.90. The molecule has 1 saturated carbocycles. The van der Waals surface area contributed by atoms with E-state index in [1.807, 2.05) is 0 Å². The molecule has 0 radical (unpaired) electrons. The molecule has 246 valence electrons. The van der Waals surface area contributed by atoms with Crippen LogP contribution in [0.1, 0.15) is 44.6 Å². The van der Waals surface area contributed by atoms with Gasteiger partial charge in [0.15, 0.2) is 11.6 Å². The van der Waals surface area contributed by atoms with Gasteiger partial charge in [-0.15, -0.1) is 0 Å². The Morgan fingerprint density at radius 1 is 1.02 bits per heavy atom. The number of aryl methyl sites for hydroxylation is 1. The van der Waals surface area contributed by atoms with Crippen molar-refractivity contribution in [3.8, 4) is 22.6 Å². The predicted octanol–water partition coefficient (Wildman–Crippen LogP) is -1.30. The predicted molar refractivity (Wildman–Crippen MR) is 158 cm³/mol. The minimum Gasteiger partial charge on any atom is -0.364 e. The van der Waals surface area contributed by atoms with E-state index in [0.717, 1.165) is 23.4 Å². The fourth-order valence-electron chi connectivity index (χ4n) is 5.08. The molecular formula is C27H35N11O8. The molecule has 1 fully saturated rings. The second kappa shape index (κ2) is 13.0. The molecule has 4 heterocycles. The lowest BCUT2D eigenvalue weighted by Crippen LogP contribution is -2.52. The third-order valence-corrected chi connectivity index (χ3v) is 7.31. The van der Waals surface area contributed by atoms with E-state index in [1.165, 1.54) is 29.6 Å². The van der Waals surface area contributed by atoms with E-state index >= 15 is 0 Å². The van der Waals surface area contributed by atoms with Crippen molar-refractivity contribution in [1.82, 2.24) is 44.8 Å². The Labute approximate surface area is 261 Å². The van der Waals surface area contributed by atoms with E-state index in [2.05, 4.69) is 40.8 Å². The number of hydrogen-bond donors (Lipinski definition) is 9. The number of urea groups is 1. The molecule has 1 aliphatic rings. The van der Waals surface area contributed by atoms with Crippen LogP contribution in [0.3, 0.4) is 0 Å². The van der Waals surface area contributed by atoms with Gasteiger partial charge in [0.1, 0.15) is 11.4 Å². The fraction of sp³-hybridized carbons (Fsp3) is 0.444. The van der Waals surface area contributed by atoms with Gasteiger partial charge in [-0.2, -0.15) is 10.2 Å². The molecule has 0 spiro atoms. The Hall–Kier alpha value is -4.63. The maximum Gasteiger partial charge on any atom is 0.323 e. The number of carbonyl (C=O) groups excluding carboxylic acids is 1. The number of anilines is 2. The molecule has 1 aliphatic carbocycles. The van der Waals surface area contributed by atoms with Gasteiger partial charge in [-0.3, -0.25) is 14.6 Å². The number of rotatable bonds is 10. The van der Waals surface area contributed by atoms with Gasteiger partial charge in [0, 0.05) is 43.3 Å². The van der Waals surface area contributed by atoms with Crippen LogP contribution in [-0.4, -0.2) is 106 Å². The third kappa shape index (κ3) is 7.77. The quantitative estimate of drug-likeness (QED) is 0.0910. The molecular weight excluding hydrogens is 606 g/mol. The number of amides is 2. The Morgan fingerprint density at radius 2 is 1.76 bits per heavy atom. The highest BCUT2D eigenvalue weighted by Crippen LogP contribution is 2.31. The maximum atomic E-state index is 13.3. The maximum absolute atomic E-state index is 13.3. The van der Waals surface area contributed by atoms with E-state index in [0.29, 0.717) is 31.4 Å². The lowest BCUT2D eigenvalue weighted by Gasteiger charge is -2.36. The van der Waals surface area contributed by atoms with Crippen molar-refractivity contribution in [3.05, 3.63) is 48.8 Å². The largest absolute Gasteiger partial charge is 0.364 e. The van der Waals surface area contributed by atoms with Crippen molar-refractivity contribution in [1.29, 1.82) is 0 Å². The number of aromatic nitrogens is 8. The highest BCUT2D eigenvalue weighted by atomic mass is 16.7. The molecule has 9 N–H and O–H groups in total. The minimum absolute atomic E-state index is 0.0120. The molecule has 0 atom stereocenters. The summed E-state index contributed by atoms with van der Waals surface area (Å²) in [6, 6.07) is 0.266. The van der Waals surface area contributed by atoms with Crippen molar-refractivity contribution in [2.24, 2.45) is 7.05 Å². The lowest BCUT2D eigenvalue weighted by molar-refractivity contribution is -0.323. The second-order valence-electron chi connectivity index (χ2n) is 11.2. The van der Waals surface area contributed by atoms with Crippen LogP contribution in [-0.2, 0) is 13.0 Å². The number of aliphatic hydroxyl groups is 7. The van der Waals surface area contributed by atoms with Gasteiger partial charge < -0.3 is 46.4 Å². The summed E-state index contributed by atoms with van der Waals surface area (Å²) in [5, 5.41) is 81.6. The second-order valence-corrected chi connectivity index (χ2v) is 11.2. The topological polar surface area (TPSA) is 273 Å². The zero-order chi connectivity index (χ0) is 33.2. The highest BCUT2D eigenvalue weighted by molar-refractivity contribution is 5.91. The van der Waals surface area contributed by atoms with Gasteiger partial charge in [0.05, 0.1) is 36.4 Å². The molecule has 0 unspecified atom stereocenters. The van der Waals surface area contributed by atoms with Gasteiger partial charge in [-0.05, 0) is 38.7 Å². The molecule has 2 amide bonds. The normalized spacial score (nSPS) is 17.3. The Balaban J connectivity index is 1.32. The van der Waals surface area contributed by atoms with Gasteiger partial charge >= 0.3 is 12.0 Å². The van der Waals surface area contributed by atoms with Crippen LogP contribution < -0.4 is 15.5 Å². The number of aliphatic hydroxyl groups excluding tert-OH is 1. The number of hydrogen-bond acceptors (Lipinski definition) is 15. The summed E-state index contributed by atoms with van der Waals surface area (Å²) in [5.74, 6) is -5.05. The smallest absolute Gasteiger partial charge is 0.323 e. The van der Waals surface area contributed by atoms with Crippen LogP contribution in [0.25, 0.3) is 22.6 Å². The monoisotopic (exact) mass is 641 g/mol. The SMILES string of the molecule is Cn1cc(-c2cnc(N(C(=O)NCC(C)(O)O)C3CCC(Nc4ncc(C(O)(O)O)c(-c5ccn(C(O)O)n5)n4)CC3)cn2)cn1. The minimum atomic E-state index is -3.29. The average molecular weight is 642 g/mol. The van der Waals surface area contributed by atoms with E-state index in [9.17, 15) is 40.5 Å². The summed E-state index contributed by atoms with van der Waals surface area (Å²) in [7, 11) is 1.78. The van der Waals surface area contributed by atoms with E-state index in [1.54, 1.807) is 24.1 Å². The van der Waals surface area contributed by atoms with Gasteiger partial charge in [0.2, 0.25) is 5.95 Å². The van der Waals surface area contributed by atoms with Crippen LogP contribution in [0.15, 0.2) is 43.2 Å². The first kappa shape index (κ1) is 32.8. The molecule has 0 saturated heterocycles. The zero-order valence-corrected chi connectivity index (χ0v) is 24.9. The molecule has 4 aromatic rings. The zero-order valence-electron chi connectivity index (χ0n) is 24.9. The Kier molecular flexibility index (Phi) is 9.26. The van der Waals surface area contributed by atoms with E-state index < -0.39 is 36.3 Å². The van der Waals surface area contributed by atoms with Crippen LogP contribution in [0.2, 0.25) is 0 Å². The molecule has 4 aromatic heterocycles. The first-order valence-electron chi connectivity index (χ1n) is 14.2. The van der Waals surface area contributed by atoms with Crippen molar-refractivity contribution < 1.29 is 40.5 Å². The summed E-state index contributed by atoms with van der Waals surface area (Å²) in [5.41, 5.74) is 0.695. The average Bonchev–Trinajstić information content (AvgIpc) is 3.67. The first-order valence-corrected chi connectivity index (χ1v) is 14.2. The van der Waals surface area contributed by atoms with Crippen molar-refractivity contribution in [2.75, 3.05) is 16.8 Å².